The summed E-state index contributed by atoms with van der Waals surface area (Å²) in [5, 5.41) is 0. The van der Waals surface area contributed by atoms with Crippen LogP contribution in [0.3, 0.4) is 0 Å². The summed E-state index contributed by atoms with van der Waals surface area (Å²) < 4.78 is 38.4. The minimum atomic E-state index is 0.722. The van der Waals surface area contributed by atoms with Crippen molar-refractivity contribution in [3.63, 3.8) is 0 Å². The molecule has 6 heteroatoms. The molecule has 0 amide bonds. The SMILES string of the molecule is CCCCCCCCCOc1ccc(C=Cc2c(C=Cc3ccc(OCCCCCCCCC)cc3)c(C=Cc3ccc(OCCCCCCCCC)cc3)c(C=Cc3ccc(OCCCCCCCCC)cc3)c(C=Cc3ccc(OCCCCCCCCC)cc3)c2C=Cc2ccc(OCCCCCCCCC)cc2)cc1. The van der Waals surface area contributed by atoms with Crippen LogP contribution < -0.4 is 28.4 Å². The highest BCUT2D eigenvalue weighted by molar-refractivity contribution is 5.99. The molecule has 0 saturated carbocycles. The summed E-state index contributed by atoms with van der Waals surface area (Å²) in [5.74, 6) is 5.39. The van der Waals surface area contributed by atoms with Crippen LogP contribution in [0.2, 0.25) is 0 Å². The quantitative estimate of drug-likeness (QED) is 0.0280. The molecule has 0 atom stereocenters. The molecular weight excluding hydrogens is 1390 g/mol. The van der Waals surface area contributed by atoms with Gasteiger partial charge in [-0.3, -0.25) is 0 Å². The molecule has 0 heterocycles. The Bertz CT molecular complexity index is 3080. The lowest BCUT2D eigenvalue weighted by Crippen LogP contribution is -2.01. The number of benzene rings is 7. The van der Waals surface area contributed by atoms with E-state index >= 15 is 0 Å². The minimum absolute atomic E-state index is 0.722. The Labute approximate surface area is 694 Å². The third-order valence-electron chi connectivity index (χ3n) is 21.8. The molecule has 0 spiro atoms. The minimum Gasteiger partial charge on any atom is -0.494 e. The molecule has 0 aromatic heterocycles. The summed E-state index contributed by atoms with van der Waals surface area (Å²) >= 11 is 0. The lowest BCUT2D eigenvalue weighted by Gasteiger charge is -2.20. The van der Waals surface area contributed by atoms with Gasteiger partial charge in [-0.25, -0.2) is 0 Å². The zero-order valence-corrected chi connectivity index (χ0v) is 72.2. The van der Waals surface area contributed by atoms with Gasteiger partial charge in [-0.2, -0.15) is 0 Å². The monoisotopic (exact) mass is 1540 g/mol. The fraction of sp³-hybridized carbons (Fsp3) is 0.500. The Morgan fingerprint density at radius 3 is 0.377 bits per heavy atom. The molecule has 7 rings (SSSR count). The topological polar surface area (TPSA) is 55.4 Å². The van der Waals surface area contributed by atoms with Crippen LogP contribution in [0.4, 0.5) is 0 Å². The van der Waals surface area contributed by atoms with E-state index in [2.05, 4.69) is 260 Å². The van der Waals surface area contributed by atoms with Crippen LogP contribution in [0.25, 0.3) is 72.9 Å². The number of unbranched alkanes of at least 4 members (excludes halogenated alkanes) is 36. The summed E-state index contributed by atoms with van der Waals surface area (Å²) in [5.41, 5.74) is 13.0. The van der Waals surface area contributed by atoms with Crippen molar-refractivity contribution < 1.29 is 28.4 Å². The van der Waals surface area contributed by atoms with E-state index < -0.39 is 0 Å². The molecule has 6 nitrogen and oxygen atoms in total. The first kappa shape index (κ1) is 92.9. The second kappa shape index (κ2) is 61.2. The second-order valence-electron chi connectivity index (χ2n) is 31.7. The van der Waals surface area contributed by atoms with Crippen LogP contribution in [-0.4, -0.2) is 39.6 Å². The van der Waals surface area contributed by atoms with Crippen LogP contribution in [0.5, 0.6) is 34.5 Å². The highest BCUT2D eigenvalue weighted by Gasteiger charge is 2.19. The van der Waals surface area contributed by atoms with Gasteiger partial charge >= 0.3 is 0 Å². The van der Waals surface area contributed by atoms with E-state index in [1.807, 2.05) is 0 Å². The number of hydrogen-bond acceptors (Lipinski definition) is 6. The Morgan fingerprint density at radius 2 is 0.254 bits per heavy atom. The standard InChI is InChI=1S/C108H150O6/c1-7-13-19-25-31-37-43-85-109-97-67-49-91(50-68-97)61-79-103-104(80-62-92-51-69-98(70-52-92)110-86-44-38-32-26-20-14-8-2)106(82-64-94-55-73-100(74-56-94)112-88-46-40-34-28-22-16-10-4)108(84-66-96-59-77-102(78-60-96)114-90-48-42-36-30-24-18-12-6)107(83-65-95-57-75-101(76-58-95)113-89-47-41-35-29-23-17-11-5)105(103)81-63-93-53-71-99(72-54-93)111-87-45-39-33-27-21-15-9-3/h49-84H,7-48,85-90H2,1-6H3. The van der Waals surface area contributed by atoms with Crippen molar-refractivity contribution in [1.82, 2.24) is 0 Å². The Morgan fingerprint density at radius 1 is 0.140 bits per heavy atom. The molecular formula is C108H150O6. The van der Waals surface area contributed by atoms with E-state index in [0.717, 1.165) is 179 Å². The number of ether oxygens (including phenoxy) is 6. The summed E-state index contributed by atoms with van der Waals surface area (Å²) in [7, 11) is 0. The molecule has 0 unspecified atom stereocenters. The lowest BCUT2D eigenvalue weighted by molar-refractivity contribution is 0.304. The first-order valence-corrected chi connectivity index (χ1v) is 46.1. The maximum atomic E-state index is 6.40. The zero-order valence-electron chi connectivity index (χ0n) is 72.2. The summed E-state index contributed by atoms with van der Waals surface area (Å²) in [6.07, 6.45) is 80.2. The number of hydrogen-bond donors (Lipinski definition) is 0. The maximum Gasteiger partial charge on any atom is 0.119 e. The van der Waals surface area contributed by atoms with E-state index in [9.17, 15) is 0 Å². The maximum absolute atomic E-state index is 6.40. The Hall–Kier alpha value is -8.22. The van der Waals surface area contributed by atoms with Gasteiger partial charge in [0.25, 0.3) is 0 Å². The smallest absolute Gasteiger partial charge is 0.119 e. The molecule has 0 bridgehead atoms. The largest absolute Gasteiger partial charge is 0.494 e. The molecule has 0 N–H and O–H groups in total. The van der Waals surface area contributed by atoms with Gasteiger partial charge in [-0.15, -0.1) is 0 Å². The fourth-order valence-corrected chi connectivity index (χ4v) is 14.6. The van der Waals surface area contributed by atoms with Crippen LogP contribution in [-0.2, 0) is 0 Å². The Kier molecular flexibility index (Phi) is 49.9. The fourth-order valence-electron chi connectivity index (χ4n) is 14.6. The Balaban J connectivity index is 1.40. The first-order valence-electron chi connectivity index (χ1n) is 46.1. The van der Waals surface area contributed by atoms with Gasteiger partial charge in [0.05, 0.1) is 39.6 Å². The van der Waals surface area contributed by atoms with E-state index in [1.165, 1.54) is 231 Å². The zero-order chi connectivity index (χ0) is 80.0. The van der Waals surface area contributed by atoms with E-state index in [4.69, 9.17) is 28.4 Å². The molecule has 7 aromatic carbocycles. The van der Waals surface area contributed by atoms with Crippen molar-refractivity contribution in [3.05, 3.63) is 212 Å². The molecule has 0 aliphatic rings. The van der Waals surface area contributed by atoms with Gasteiger partial charge in [0.15, 0.2) is 0 Å². The summed E-state index contributed by atoms with van der Waals surface area (Å²) in [6, 6.07) is 52.0. The van der Waals surface area contributed by atoms with Gasteiger partial charge in [-0.1, -0.05) is 418 Å². The first-order chi connectivity index (χ1) is 56.4. The highest BCUT2D eigenvalue weighted by atomic mass is 16.5. The molecule has 0 radical (unpaired) electrons. The average Bonchev–Trinajstić information content (AvgIpc) is 0.761. The lowest BCUT2D eigenvalue weighted by atomic mass is 9.84. The molecule has 618 valence electrons. The van der Waals surface area contributed by atoms with Gasteiger partial charge in [0, 0.05) is 0 Å². The van der Waals surface area contributed by atoms with Crippen molar-refractivity contribution in [2.45, 2.75) is 311 Å². The van der Waals surface area contributed by atoms with Gasteiger partial charge in [-0.05, 0) is 178 Å². The van der Waals surface area contributed by atoms with Crippen molar-refractivity contribution in [2.75, 3.05) is 39.6 Å². The van der Waals surface area contributed by atoms with Crippen LogP contribution in [0.1, 0.15) is 378 Å². The molecule has 0 fully saturated rings. The van der Waals surface area contributed by atoms with E-state index in [1.54, 1.807) is 0 Å². The molecule has 0 saturated heterocycles. The third-order valence-corrected chi connectivity index (χ3v) is 21.8. The molecule has 7 aromatic rings. The van der Waals surface area contributed by atoms with Crippen LogP contribution >= 0.6 is 0 Å². The molecule has 0 aliphatic heterocycles. The predicted molar refractivity (Wildman–Crippen MR) is 500 cm³/mol. The van der Waals surface area contributed by atoms with Crippen molar-refractivity contribution in [1.29, 1.82) is 0 Å². The van der Waals surface area contributed by atoms with Gasteiger partial charge in [0.1, 0.15) is 34.5 Å². The average molecular weight is 1540 g/mol. The molecule has 0 aliphatic carbocycles. The normalized spacial score (nSPS) is 11.8. The van der Waals surface area contributed by atoms with Crippen LogP contribution in [0, 0.1) is 0 Å². The molecule has 114 heavy (non-hydrogen) atoms. The van der Waals surface area contributed by atoms with Crippen molar-refractivity contribution in [3.8, 4) is 34.5 Å². The van der Waals surface area contributed by atoms with Crippen LogP contribution in [0.15, 0.2) is 146 Å². The summed E-state index contributed by atoms with van der Waals surface area (Å²) in [4.78, 5) is 0. The van der Waals surface area contributed by atoms with Gasteiger partial charge < -0.3 is 28.4 Å². The van der Waals surface area contributed by atoms with E-state index in [-0.39, 0.29) is 0 Å². The second-order valence-corrected chi connectivity index (χ2v) is 31.7. The highest BCUT2D eigenvalue weighted by Crippen LogP contribution is 2.38. The van der Waals surface area contributed by atoms with Crippen molar-refractivity contribution >= 4 is 72.9 Å². The van der Waals surface area contributed by atoms with Crippen molar-refractivity contribution in [2.24, 2.45) is 0 Å². The predicted octanol–water partition coefficient (Wildman–Crippen LogP) is 33.5. The third kappa shape index (κ3) is 39.9. The number of rotatable bonds is 66. The summed E-state index contributed by atoms with van der Waals surface area (Å²) in [6.45, 7) is 18.0. The van der Waals surface area contributed by atoms with Gasteiger partial charge in [0.2, 0.25) is 0 Å². The van der Waals surface area contributed by atoms with E-state index in [0.29, 0.717) is 0 Å².